The van der Waals surface area contributed by atoms with Crippen LogP contribution in [0.3, 0.4) is 0 Å². The van der Waals surface area contributed by atoms with Crippen molar-refractivity contribution in [1.82, 2.24) is 5.54 Å². The third-order valence-electron chi connectivity index (χ3n) is 0.770. The van der Waals surface area contributed by atoms with Gasteiger partial charge in [0.15, 0.2) is 0 Å². The Morgan fingerprint density at radius 3 is 2.80 bits per heavy atom. The largest absolute Gasteiger partial charge is 0.463 e. The van der Waals surface area contributed by atoms with Gasteiger partial charge in [-0.15, -0.1) is 4.48 Å². The molecule has 1 N–H and O–H groups in total. The first-order valence-electron chi connectivity index (χ1n) is 2.92. The Morgan fingerprint density at radius 2 is 2.40 bits per heavy atom. The van der Waals surface area contributed by atoms with Crippen molar-refractivity contribution in [2.24, 2.45) is 0 Å². The lowest BCUT2D eigenvalue weighted by Crippen LogP contribution is -2.04. The van der Waals surface area contributed by atoms with Gasteiger partial charge in [0, 0.05) is 11.8 Å². The number of nitrogens with one attached hydrogen (secondary N) is 1. The Labute approximate surface area is 58.8 Å². The maximum atomic E-state index is 11.5. The van der Waals surface area contributed by atoms with Crippen molar-refractivity contribution in [3.63, 3.8) is 0 Å². The van der Waals surface area contributed by atoms with Crippen LogP contribution in [0.4, 0.5) is 4.48 Å². The Bertz CT molecular complexity index is 145. The van der Waals surface area contributed by atoms with Gasteiger partial charge in [-0.2, -0.15) is 0 Å². The molecule has 0 atom stereocenters. The second-order valence-corrected chi connectivity index (χ2v) is 1.67. The van der Waals surface area contributed by atoms with Gasteiger partial charge in [0.05, 0.1) is 6.61 Å². The summed E-state index contributed by atoms with van der Waals surface area (Å²) in [4.78, 5) is 10.5. The molecule has 0 aromatic carbocycles. The fourth-order valence-corrected chi connectivity index (χ4v) is 0.388. The average molecular weight is 147 g/mol. The molecule has 0 rings (SSSR count). The van der Waals surface area contributed by atoms with Gasteiger partial charge in [-0.25, -0.2) is 10.3 Å². The molecule has 0 radical (unpaired) electrons. The molecule has 0 spiro atoms. The molecule has 0 saturated carbocycles. The van der Waals surface area contributed by atoms with Crippen LogP contribution < -0.4 is 5.54 Å². The number of ether oxygens (including phenoxy) is 1. The van der Waals surface area contributed by atoms with E-state index in [0.717, 1.165) is 6.08 Å². The lowest BCUT2D eigenvalue weighted by Gasteiger charge is -1.96. The Kier molecular flexibility index (Phi) is 4.28. The summed E-state index contributed by atoms with van der Waals surface area (Å²) in [5.41, 5.74) is 1.45. The minimum absolute atomic E-state index is 0.137. The van der Waals surface area contributed by atoms with E-state index in [4.69, 9.17) is 0 Å². The number of esters is 1. The van der Waals surface area contributed by atoms with Gasteiger partial charge >= 0.3 is 5.97 Å². The topological polar surface area (TPSA) is 38.3 Å². The quantitative estimate of drug-likeness (QED) is 0.366. The summed E-state index contributed by atoms with van der Waals surface area (Å²) in [7, 11) is 0. The van der Waals surface area contributed by atoms with E-state index in [0.29, 0.717) is 6.61 Å². The van der Waals surface area contributed by atoms with Gasteiger partial charge in [0.25, 0.3) is 0 Å². The molecule has 3 nitrogen and oxygen atoms in total. The molecule has 0 aliphatic rings. The highest BCUT2D eigenvalue weighted by Crippen LogP contribution is 1.88. The molecule has 0 fully saturated rings. The Morgan fingerprint density at radius 1 is 1.80 bits per heavy atom. The minimum Gasteiger partial charge on any atom is -0.463 e. The molecule has 0 aromatic rings. The Balaban J connectivity index is 3.75. The van der Waals surface area contributed by atoms with E-state index in [-0.39, 0.29) is 5.70 Å². The standard InChI is InChI=1S/C6H10FNO2/c1-3-10-6(9)4-5(2)8-7/h4,8H,3H2,1-2H3/b5-4-. The second-order valence-electron chi connectivity index (χ2n) is 1.67. The first-order chi connectivity index (χ1) is 4.70. The van der Waals surface area contributed by atoms with Gasteiger partial charge in [0.2, 0.25) is 0 Å². The number of halogens is 1. The molecule has 0 aliphatic carbocycles. The first kappa shape index (κ1) is 8.94. The maximum absolute atomic E-state index is 11.5. The molecule has 0 unspecified atom stereocenters. The normalized spacial score (nSPS) is 10.9. The van der Waals surface area contributed by atoms with Crippen LogP contribution in [0, 0.1) is 0 Å². The molecule has 0 bridgehead atoms. The van der Waals surface area contributed by atoms with Gasteiger partial charge in [-0.05, 0) is 13.8 Å². The lowest BCUT2D eigenvalue weighted by molar-refractivity contribution is -0.137. The van der Waals surface area contributed by atoms with E-state index < -0.39 is 5.97 Å². The monoisotopic (exact) mass is 147 g/mol. The summed E-state index contributed by atoms with van der Waals surface area (Å²) in [5.74, 6) is -0.537. The van der Waals surface area contributed by atoms with Crippen molar-refractivity contribution in [2.45, 2.75) is 13.8 Å². The van der Waals surface area contributed by atoms with Crippen LogP contribution in [-0.2, 0) is 9.53 Å². The zero-order valence-electron chi connectivity index (χ0n) is 5.98. The molecule has 0 aliphatic heterocycles. The highest BCUT2D eigenvalue weighted by molar-refractivity contribution is 5.82. The van der Waals surface area contributed by atoms with Crippen LogP contribution in [0.5, 0.6) is 0 Å². The molecule has 0 amide bonds. The number of carbonyl (C=O) groups is 1. The van der Waals surface area contributed by atoms with Crippen molar-refractivity contribution < 1.29 is 14.0 Å². The summed E-state index contributed by atoms with van der Waals surface area (Å²) in [6.45, 7) is 3.41. The zero-order valence-corrected chi connectivity index (χ0v) is 5.98. The SMILES string of the molecule is CCOC(=O)/C=C(/C)NF. The molecule has 4 heteroatoms. The molecule has 0 saturated heterocycles. The van der Waals surface area contributed by atoms with Crippen molar-refractivity contribution in [2.75, 3.05) is 6.61 Å². The predicted octanol–water partition coefficient (Wildman–Crippen LogP) is 0.927. The Hall–Kier alpha value is -1.06. The van der Waals surface area contributed by atoms with E-state index >= 15 is 0 Å². The number of rotatable bonds is 3. The third-order valence-corrected chi connectivity index (χ3v) is 0.770. The summed E-state index contributed by atoms with van der Waals surface area (Å²) in [6, 6.07) is 0. The molecule has 0 aromatic heterocycles. The summed E-state index contributed by atoms with van der Waals surface area (Å²) < 4.78 is 16.0. The molecular weight excluding hydrogens is 137 g/mol. The third kappa shape index (κ3) is 3.88. The van der Waals surface area contributed by atoms with Crippen molar-refractivity contribution in [1.29, 1.82) is 0 Å². The van der Waals surface area contributed by atoms with Gasteiger partial charge < -0.3 is 4.74 Å². The summed E-state index contributed by atoms with van der Waals surface area (Å²) in [5, 5.41) is 0. The number of hydrogen-bond donors (Lipinski definition) is 1. The summed E-state index contributed by atoms with van der Waals surface area (Å²) in [6.07, 6.45) is 1.05. The van der Waals surface area contributed by atoms with Crippen molar-refractivity contribution in [3.05, 3.63) is 11.8 Å². The van der Waals surface area contributed by atoms with E-state index in [2.05, 4.69) is 4.74 Å². The second kappa shape index (κ2) is 4.78. The highest BCUT2D eigenvalue weighted by Gasteiger charge is 1.95. The zero-order chi connectivity index (χ0) is 7.98. The van der Waals surface area contributed by atoms with Gasteiger partial charge in [-0.1, -0.05) is 0 Å². The fourth-order valence-electron chi connectivity index (χ4n) is 0.388. The van der Waals surface area contributed by atoms with Crippen LogP contribution >= 0.6 is 0 Å². The van der Waals surface area contributed by atoms with Crippen LogP contribution in [0.1, 0.15) is 13.8 Å². The minimum atomic E-state index is -0.537. The van der Waals surface area contributed by atoms with E-state index in [1.165, 1.54) is 12.5 Å². The fraction of sp³-hybridized carbons (Fsp3) is 0.500. The predicted molar refractivity (Wildman–Crippen MR) is 34.6 cm³/mol. The van der Waals surface area contributed by atoms with E-state index in [1.807, 2.05) is 0 Å². The van der Waals surface area contributed by atoms with Crippen LogP contribution in [0.25, 0.3) is 0 Å². The maximum Gasteiger partial charge on any atom is 0.332 e. The molecule has 58 valence electrons. The lowest BCUT2D eigenvalue weighted by atomic mass is 10.4. The molecule has 10 heavy (non-hydrogen) atoms. The van der Waals surface area contributed by atoms with Crippen LogP contribution in [0.2, 0.25) is 0 Å². The van der Waals surface area contributed by atoms with E-state index in [1.54, 1.807) is 6.92 Å². The molecule has 0 heterocycles. The smallest absolute Gasteiger partial charge is 0.332 e. The van der Waals surface area contributed by atoms with Crippen molar-refractivity contribution >= 4 is 5.97 Å². The van der Waals surface area contributed by atoms with Gasteiger partial charge in [-0.3, -0.25) is 0 Å². The average Bonchev–Trinajstić information content (AvgIpc) is 1.88. The molecular formula is C6H10FNO2. The highest BCUT2D eigenvalue weighted by atomic mass is 19.2. The van der Waals surface area contributed by atoms with Crippen LogP contribution in [-0.4, -0.2) is 12.6 Å². The van der Waals surface area contributed by atoms with Crippen molar-refractivity contribution in [3.8, 4) is 0 Å². The number of allylic oxidation sites excluding steroid dienone is 1. The van der Waals surface area contributed by atoms with Crippen LogP contribution in [0.15, 0.2) is 11.8 Å². The van der Waals surface area contributed by atoms with Gasteiger partial charge in [0.1, 0.15) is 0 Å². The first-order valence-corrected chi connectivity index (χ1v) is 2.92. The van der Waals surface area contributed by atoms with E-state index in [9.17, 15) is 9.28 Å². The number of hydrogen-bond acceptors (Lipinski definition) is 3. The summed E-state index contributed by atoms with van der Waals surface area (Å²) >= 11 is 0. The number of carbonyl (C=O) groups excluding carboxylic acids is 1.